The minimum absolute atomic E-state index is 0.0373. The molecule has 2 saturated heterocycles. The van der Waals surface area contributed by atoms with Crippen molar-refractivity contribution in [2.45, 2.75) is 31.5 Å². The number of carbonyl (C=O) groups is 1. The summed E-state index contributed by atoms with van der Waals surface area (Å²) in [5, 5.41) is 0. The van der Waals surface area contributed by atoms with Gasteiger partial charge in [0.05, 0.1) is 25.8 Å². The Morgan fingerprint density at radius 2 is 2.27 bits per heavy atom. The fourth-order valence-corrected chi connectivity index (χ4v) is 3.27. The van der Waals surface area contributed by atoms with Crippen molar-refractivity contribution in [1.82, 2.24) is 4.90 Å². The van der Waals surface area contributed by atoms with Crippen molar-refractivity contribution in [2.24, 2.45) is 0 Å². The lowest BCUT2D eigenvalue weighted by Crippen LogP contribution is -2.67. The Labute approximate surface area is 131 Å². The second-order valence-electron chi connectivity index (χ2n) is 6.00. The van der Waals surface area contributed by atoms with Crippen LogP contribution < -0.4 is 4.74 Å². The zero-order valence-electron chi connectivity index (χ0n) is 13.2. The van der Waals surface area contributed by atoms with Gasteiger partial charge in [0, 0.05) is 25.7 Å². The maximum absolute atomic E-state index is 12.5. The third kappa shape index (κ3) is 2.96. The lowest BCUT2D eigenvalue weighted by Gasteiger charge is -2.52. The van der Waals surface area contributed by atoms with Gasteiger partial charge in [-0.05, 0) is 31.5 Å². The van der Waals surface area contributed by atoms with E-state index in [0.717, 1.165) is 18.6 Å². The largest absolute Gasteiger partial charge is 0.494 e. The molecule has 0 N–H and O–H groups in total. The minimum atomic E-state index is -0.202. The third-order valence-corrected chi connectivity index (χ3v) is 4.42. The van der Waals surface area contributed by atoms with Gasteiger partial charge in [-0.15, -0.1) is 0 Å². The van der Waals surface area contributed by atoms with Crippen LogP contribution in [0.5, 0.6) is 5.75 Å². The number of carbonyl (C=O) groups excluding carboxylic acids is 1. The van der Waals surface area contributed by atoms with Crippen molar-refractivity contribution < 1.29 is 19.0 Å². The molecule has 2 aliphatic heterocycles. The fourth-order valence-electron chi connectivity index (χ4n) is 3.27. The highest BCUT2D eigenvalue weighted by molar-refractivity contribution is 5.95. The number of rotatable bonds is 4. The molecular formula is C17H23NO4. The first-order chi connectivity index (χ1) is 10.7. The fraction of sp³-hybridized carbons (Fsp3) is 0.588. The summed E-state index contributed by atoms with van der Waals surface area (Å²) in [6.07, 6.45) is 2.04. The first-order valence-corrected chi connectivity index (χ1v) is 7.85. The third-order valence-electron chi connectivity index (χ3n) is 4.42. The molecule has 2 fully saturated rings. The van der Waals surface area contributed by atoms with Crippen LogP contribution in [0.15, 0.2) is 24.3 Å². The Balaban J connectivity index is 1.62. The van der Waals surface area contributed by atoms with E-state index >= 15 is 0 Å². The summed E-state index contributed by atoms with van der Waals surface area (Å²) in [7, 11) is 1.74. The van der Waals surface area contributed by atoms with Crippen LogP contribution in [0.2, 0.25) is 0 Å². The minimum Gasteiger partial charge on any atom is -0.494 e. The molecule has 0 bridgehead atoms. The number of hydrogen-bond donors (Lipinski definition) is 0. The van der Waals surface area contributed by atoms with Crippen molar-refractivity contribution >= 4 is 5.91 Å². The molecule has 0 radical (unpaired) electrons. The van der Waals surface area contributed by atoms with E-state index in [0.29, 0.717) is 31.9 Å². The topological polar surface area (TPSA) is 48.0 Å². The molecule has 2 aliphatic rings. The van der Waals surface area contributed by atoms with Crippen molar-refractivity contribution in [2.75, 3.05) is 33.4 Å². The molecule has 0 aliphatic carbocycles. The Morgan fingerprint density at radius 1 is 1.45 bits per heavy atom. The summed E-state index contributed by atoms with van der Waals surface area (Å²) in [6, 6.07) is 7.35. The molecule has 1 unspecified atom stereocenters. The van der Waals surface area contributed by atoms with Gasteiger partial charge in [0.25, 0.3) is 5.91 Å². The van der Waals surface area contributed by atoms with E-state index < -0.39 is 0 Å². The van der Waals surface area contributed by atoms with Crippen molar-refractivity contribution in [3.8, 4) is 5.75 Å². The molecule has 120 valence electrons. The van der Waals surface area contributed by atoms with E-state index in [1.54, 1.807) is 13.2 Å². The summed E-state index contributed by atoms with van der Waals surface area (Å²) >= 11 is 0. The quantitative estimate of drug-likeness (QED) is 0.855. The summed E-state index contributed by atoms with van der Waals surface area (Å²) in [4.78, 5) is 14.4. The van der Waals surface area contributed by atoms with Gasteiger partial charge in [-0.25, -0.2) is 0 Å². The molecule has 1 spiro atoms. The second-order valence-corrected chi connectivity index (χ2v) is 6.00. The van der Waals surface area contributed by atoms with Crippen molar-refractivity contribution in [3.05, 3.63) is 29.8 Å². The van der Waals surface area contributed by atoms with E-state index in [-0.39, 0.29) is 17.6 Å². The van der Waals surface area contributed by atoms with E-state index in [1.165, 1.54) is 0 Å². The molecule has 0 saturated carbocycles. The molecule has 1 aromatic rings. The lowest BCUT2D eigenvalue weighted by atomic mass is 9.84. The maximum atomic E-state index is 12.5. The summed E-state index contributed by atoms with van der Waals surface area (Å²) in [5.74, 6) is 0.771. The highest BCUT2D eigenvalue weighted by Gasteiger charge is 2.49. The second kappa shape index (κ2) is 6.26. The molecule has 22 heavy (non-hydrogen) atoms. The summed E-state index contributed by atoms with van der Waals surface area (Å²) < 4.78 is 16.8. The predicted molar refractivity (Wildman–Crippen MR) is 82.2 cm³/mol. The monoisotopic (exact) mass is 305 g/mol. The van der Waals surface area contributed by atoms with E-state index in [1.807, 2.05) is 30.0 Å². The average Bonchev–Trinajstić information content (AvgIpc) is 2.52. The van der Waals surface area contributed by atoms with E-state index in [9.17, 15) is 4.79 Å². The van der Waals surface area contributed by atoms with Crippen LogP contribution in [0.1, 0.15) is 30.1 Å². The maximum Gasteiger partial charge on any atom is 0.254 e. The smallest absolute Gasteiger partial charge is 0.254 e. The summed E-state index contributed by atoms with van der Waals surface area (Å²) in [5.41, 5.74) is 0.464. The van der Waals surface area contributed by atoms with Crippen molar-refractivity contribution in [1.29, 1.82) is 0 Å². The van der Waals surface area contributed by atoms with Crippen LogP contribution in [0.3, 0.4) is 0 Å². The molecule has 5 heteroatoms. The summed E-state index contributed by atoms with van der Waals surface area (Å²) in [6.45, 7) is 4.52. The normalized spacial score (nSPS) is 23.2. The highest BCUT2D eigenvalue weighted by Crippen LogP contribution is 2.36. The van der Waals surface area contributed by atoms with Crippen LogP contribution in [0.25, 0.3) is 0 Å². The Kier molecular flexibility index (Phi) is 4.36. The number of amides is 1. The molecule has 1 aromatic carbocycles. The number of benzene rings is 1. The highest BCUT2D eigenvalue weighted by atomic mass is 16.5. The van der Waals surface area contributed by atoms with Gasteiger partial charge in [-0.1, -0.05) is 6.07 Å². The van der Waals surface area contributed by atoms with E-state index in [2.05, 4.69) is 0 Å². The van der Waals surface area contributed by atoms with Gasteiger partial charge < -0.3 is 19.1 Å². The number of likely N-dealkylation sites (tertiary alicyclic amines) is 1. The SMILES string of the molecule is CCOc1cccc(C(=O)N2CC3(CC(OC)CCO3)C2)c1. The predicted octanol–water partition coefficient (Wildman–Crippen LogP) is 2.11. The van der Waals surface area contributed by atoms with Crippen LogP contribution in [-0.4, -0.2) is 55.9 Å². The van der Waals surface area contributed by atoms with Crippen LogP contribution >= 0.6 is 0 Å². The number of hydrogen-bond acceptors (Lipinski definition) is 4. The zero-order chi connectivity index (χ0) is 15.6. The molecule has 2 heterocycles. The Morgan fingerprint density at radius 3 is 3.00 bits per heavy atom. The van der Waals surface area contributed by atoms with E-state index in [4.69, 9.17) is 14.2 Å². The van der Waals surface area contributed by atoms with Gasteiger partial charge in [0.2, 0.25) is 0 Å². The van der Waals surface area contributed by atoms with Gasteiger partial charge >= 0.3 is 0 Å². The molecule has 1 atom stereocenters. The van der Waals surface area contributed by atoms with Gasteiger partial charge in [-0.2, -0.15) is 0 Å². The molecular weight excluding hydrogens is 282 g/mol. The lowest BCUT2D eigenvalue weighted by molar-refractivity contribution is -0.181. The first kappa shape index (κ1) is 15.3. The number of methoxy groups -OCH3 is 1. The molecule has 1 amide bonds. The molecule has 3 rings (SSSR count). The first-order valence-electron chi connectivity index (χ1n) is 7.85. The number of nitrogens with zero attached hydrogens (tertiary/aromatic N) is 1. The molecule has 0 aromatic heterocycles. The zero-order valence-corrected chi connectivity index (χ0v) is 13.2. The van der Waals surface area contributed by atoms with Gasteiger partial charge in [0.1, 0.15) is 11.4 Å². The standard InChI is InChI=1S/C17H23NO4/c1-3-21-14-6-4-5-13(9-14)16(19)18-11-17(12-18)10-15(20-2)7-8-22-17/h4-6,9,15H,3,7-8,10-12H2,1-2H3. The van der Waals surface area contributed by atoms with Crippen LogP contribution in [0.4, 0.5) is 0 Å². The Hall–Kier alpha value is -1.59. The average molecular weight is 305 g/mol. The van der Waals surface area contributed by atoms with Gasteiger partial charge in [-0.3, -0.25) is 4.79 Å². The van der Waals surface area contributed by atoms with Crippen LogP contribution in [-0.2, 0) is 9.47 Å². The van der Waals surface area contributed by atoms with Gasteiger partial charge in [0.15, 0.2) is 0 Å². The van der Waals surface area contributed by atoms with Crippen molar-refractivity contribution in [3.63, 3.8) is 0 Å². The Bertz CT molecular complexity index is 539. The number of ether oxygens (including phenoxy) is 3. The van der Waals surface area contributed by atoms with Crippen LogP contribution in [0, 0.1) is 0 Å². The molecule has 5 nitrogen and oxygen atoms in total.